The van der Waals surface area contributed by atoms with Crippen LogP contribution in [0.15, 0.2) is 11.4 Å². The van der Waals surface area contributed by atoms with E-state index in [-0.39, 0.29) is 6.04 Å². The third-order valence-electron chi connectivity index (χ3n) is 4.41. The zero-order valence-corrected chi connectivity index (χ0v) is 15.5. The van der Waals surface area contributed by atoms with E-state index < -0.39 is 6.09 Å². The lowest BCUT2D eigenvalue weighted by molar-refractivity contribution is 0.134. The highest BCUT2D eigenvalue weighted by Crippen LogP contribution is 2.29. The molecule has 1 saturated heterocycles. The van der Waals surface area contributed by atoms with Crippen molar-refractivity contribution < 1.29 is 9.90 Å². The van der Waals surface area contributed by atoms with Crippen LogP contribution < -0.4 is 10.6 Å². The second kappa shape index (κ2) is 7.86. The molecule has 2 aromatic rings. The highest BCUT2D eigenvalue weighted by molar-refractivity contribution is 7.17. The number of likely N-dealkylation sites (tertiary alicyclic amines) is 1. The van der Waals surface area contributed by atoms with E-state index in [1.165, 1.54) is 4.90 Å². The van der Waals surface area contributed by atoms with Crippen molar-refractivity contribution in [1.82, 2.24) is 14.9 Å². The molecule has 0 saturated carbocycles. The third kappa shape index (κ3) is 4.50. The Bertz CT molecular complexity index is 725. The molecule has 3 N–H and O–H groups in total. The Morgan fingerprint density at radius 1 is 1.40 bits per heavy atom. The molecule has 1 fully saturated rings. The summed E-state index contributed by atoms with van der Waals surface area (Å²) in [4.78, 5) is 21.7. The van der Waals surface area contributed by atoms with Crippen LogP contribution in [0, 0.1) is 5.92 Å². The number of piperidine rings is 1. The molecule has 0 unspecified atom stereocenters. The number of fused-ring (bicyclic) bond motifs is 1. The van der Waals surface area contributed by atoms with E-state index >= 15 is 0 Å². The molecule has 136 valence electrons. The van der Waals surface area contributed by atoms with Crippen molar-refractivity contribution in [3.05, 3.63) is 11.4 Å². The smallest absolute Gasteiger partial charge is 0.407 e. The lowest BCUT2D eigenvalue weighted by atomic mass is 10.1. The van der Waals surface area contributed by atoms with Gasteiger partial charge in [0, 0.05) is 25.7 Å². The zero-order chi connectivity index (χ0) is 17.8. The van der Waals surface area contributed by atoms with Crippen molar-refractivity contribution in [1.29, 1.82) is 0 Å². The summed E-state index contributed by atoms with van der Waals surface area (Å²) in [5.41, 5.74) is 0.942. The van der Waals surface area contributed by atoms with Crippen molar-refractivity contribution in [2.24, 2.45) is 5.92 Å². The average Bonchev–Trinajstić information content (AvgIpc) is 3.04. The number of hydrogen-bond donors (Lipinski definition) is 3. The molecule has 3 heterocycles. The van der Waals surface area contributed by atoms with Crippen LogP contribution in [-0.2, 0) is 0 Å². The third-order valence-corrected chi connectivity index (χ3v) is 5.33. The summed E-state index contributed by atoms with van der Waals surface area (Å²) < 4.78 is 1.05. The van der Waals surface area contributed by atoms with E-state index in [1.807, 2.05) is 11.4 Å². The number of nitrogens with zero attached hydrogens (tertiary/aromatic N) is 3. The van der Waals surface area contributed by atoms with Crippen molar-refractivity contribution in [2.45, 2.75) is 39.2 Å². The predicted octanol–water partition coefficient (Wildman–Crippen LogP) is 3.70. The number of amides is 1. The summed E-state index contributed by atoms with van der Waals surface area (Å²) >= 11 is 1.63. The van der Waals surface area contributed by atoms with Crippen LogP contribution in [0.1, 0.15) is 33.1 Å². The Labute approximate surface area is 151 Å². The van der Waals surface area contributed by atoms with Crippen LogP contribution in [0.5, 0.6) is 0 Å². The van der Waals surface area contributed by atoms with Gasteiger partial charge in [0.05, 0.1) is 10.2 Å². The van der Waals surface area contributed by atoms with Gasteiger partial charge >= 0.3 is 6.09 Å². The quantitative estimate of drug-likeness (QED) is 0.725. The second-order valence-electron chi connectivity index (χ2n) is 6.83. The zero-order valence-electron chi connectivity index (χ0n) is 14.7. The predicted molar refractivity (Wildman–Crippen MR) is 102 cm³/mol. The van der Waals surface area contributed by atoms with Gasteiger partial charge in [0.1, 0.15) is 5.82 Å². The first kappa shape index (κ1) is 17.7. The summed E-state index contributed by atoms with van der Waals surface area (Å²) in [7, 11) is 0. The summed E-state index contributed by atoms with van der Waals surface area (Å²) in [6, 6.07) is 2.24. The van der Waals surface area contributed by atoms with Gasteiger partial charge in [-0.05, 0) is 36.6 Å². The maximum absolute atomic E-state index is 11.0. The molecule has 7 nitrogen and oxygen atoms in total. The molecule has 1 aliphatic rings. The number of aromatic nitrogens is 2. The molecule has 0 aromatic carbocycles. The van der Waals surface area contributed by atoms with E-state index in [1.54, 1.807) is 11.3 Å². The number of nitrogens with one attached hydrogen (secondary N) is 2. The highest BCUT2D eigenvalue weighted by atomic mass is 32.1. The molecule has 0 spiro atoms. The Morgan fingerprint density at radius 2 is 2.16 bits per heavy atom. The molecule has 0 aliphatic carbocycles. The normalized spacial score (nSPS) is 15.7. The van der Waals surface area contributed by atoms with Gasteiger partial charge in [0.2, 0.25) is 5.95 Å². The van der Waals surface area contributed by atoms with Gasteiger partial charge < -0.3 is 20.6 Å². The molecule has 1 aliphatic heterocycles. The van der Waals surface area contributed by atoms with Crippen LogP contribution in [0.2, 0.25) is 0 Å². The minimum Gasteiger partial charge on any atom is -0.465 e. The summed E-state index contributed by atoms with van der Waals surface area (Å²) in [5.74, 6) is 2.13. The second-order valence-corrected chi connectivity index (χ2v) is 7.74. The molecule has 3 rings (SSSR count). The average molecular weight is 363 g/mol. The lowest BCUT2D eigenvalue weighted by Gasteiger charge is -2.30. The fourth-order valence-electron chi connectivity index (χ4n) is 2.92. The van der Waals surface area contributed by atoms with Crippen molar-refractivity contribution in [3.63, 3.8) is 0 Å². The molecule has 25 heavy (non-hydrogen) atoms. The molecule has 0 atom stereocenters. The number of carbonyl (C=O) groups is 1. The summed E-state index contributed by atoms with van der Waals surface area (Å²) in [6.45, 7) is 6.36. The SMILES string of the molecule is CC(C)CCNc1nc(NC2CCN(C(=O)O)CC2)c2sccc2n1. The Kier molecular flexibility index (Phi) is 5.57. The molecule has 2 aromatic heterocycles. The topological polar surface area (TPSA) is 90.4 Å². The van der Waals surface area contributed by atoms with Crippen LogP contribution in [0.4, 0.5) is 16.6 Å². The first-order valence-corrected chi connectivity index (χ1v) is 9.64. The molecule has 0 radical (unpaired) electrons. The van der Waals surface area contributed by atoms with Crippen molar-refractivity contribution in [3.8, 4) is 0 Å². The van der Waals surface area contributed by atoms with E-state index in [0.717, 1.165) is 41.8 Å². The maximum atomic E-state index is 11.0. The van der Waals surface area contributed by atoms with Gasteiger partial charge in [-0.3, -0.25) is 0 Å². The minimum atomic E-state index is -0.835. The van der Waals surface area contributed by atoms with Gasteiger partial charge in [-0.25, -0.2) is 9.78 Å². The minimum absolute atomic E-state index is 0.235. The van der Waals surface area contributed by atoms with Crippen LogP contribution in [-0.4, -0.2) is 51.7 Å². The Hall–Kier alpha value is -2.09. The highest BCUT2D eigenvalue weighted by Gasteiger charge is 2.23. The number of rotatable bonds is 6. The largest absolute Gasteiger partial charge is 0.465 e. The fourth-order valence-corrected chi connectivity index (χ4v) is 3.71. The van der Waals surface area contributed by atoms with Crippen LogP contribution >= 0.6 is 11.3 Å². The van der Waals surface area contributed by atoms with E-state index in [4.69, 9.17) is 5.11 Å². The first-order chi connectivity index (χ1) is 12.0. The van der Waals surface area contributed by atoms with Gasteiger partial charge in [-0.2, -0.15) is 4.98 Å². The van der Waals surface area contributed by atoms with Gasteiger partial charge in [0.15, 0.2) is 0 Å². The number of thiophene rings is 1. The van der Waals surface area contributed by atoms with Crippen molar-refractivity contribution in [2.75, 3.05) is 30.3 Å². The van der Waals surface area contributed by atoms with Gasteiger partial charge in [-0.15, -0.1) is 11.3 Å². The van der Waals surface area contributed by atoms with Gasteiger partial charge in [0.25, 0.3) is 0 Å². The number of anilines is 2. The molecule has 8 heteroatoms. The molecule has 0 bridgehead atoms. The van der Waals surface area contributed by atoms with Crippen molar-refractivity contribution >= 4 is 39.4 Å². The van der Waals surface area contributed by atoms with Gasteiger partial charge in [-0.1, -0.05) is 13.8 Å². The fraction of sp³-hybridized carbons (Fsp3) is 0.588. The maximum Gasteiger partial charge on any atom is 0.407 e. The van der Waals surface area contributed by atoms with E-state index in [0.29, 0.717) is 25.0 Å². The monoisotopic (exact) mass is 363 g/mol. The molecule has 1 amide bonds. The van der Waals surface area contributed by atoms with E-state index in [9.17, 15) is 4.79 Å². The van der Waals surface area contributed by atoms with Crippen LogP contribution in [0.3, 0.4) is 0 Å². The number of carboxylic acid groups (broad SMARTS) is 1. The summed E-state index contributed by atoms with van der Waals surface area (Å²) in [6.07, 6.45) is 1.82. The Balaban J connectivity index is 1.69. The standard InChI is InChI=1S/C17H25N5O2S/c1-11(2)3-7-18-16-20-13-6-10-25-14(13)15(21-16)19-12-4-8-22(9-5-12)17(23)24/h6,10-12H,3-5,7-9H2,1-2H3,(H,23,24)(H2,18,19,20,21). The molecular weight excluding hydrogens is 338 g/mol. The Morgan fingerprint density at radius 3 is 2.84 bits per heavy atom. The lowest BCUT2D eigenvalue weighted by Crippen LogP contribution is -2.41. The van der Waals surface area contributed by atoms with E-state index in [2.05, 4.69) is 34.4 Å². The number of hydrogen-bond acceptors (Lipinski definition) is 6. The molecular formula is C17H25N5O2S. The summed E-state index contributed by atoms with van der Waals surface area (Å²) in [5, 5.41) is 17.9. The first-order valence-electron chi connectivity index (χ1n) is 8.76. The van der Waals surface area contributed by atoms with Crippen LogP contribution in [0.25, 0.3) is 10.2 Å².